The molecule has 1 saturated heterocycles. The van der Waals surface area contributed by atoms with E-state index in [2.05, 4.69) is 0 Å². The van der Waals surface area contributed by atoms with Crippen molar-refractivity contribution in [2.24, 2.45) is 5.73 Å². The van der Waals surface area contributed by atoms with Gasteiger partial charge in [0.2, 0.25) is 5.91 Å². The van der Waals surface area contributed by atoms with Crippen LogP contribution in [0.1, 0.15) is 27.7 Å². The summed E-state index contributed by atoms with van der Waals surface area (Å²) < 4.78 is 10.9. The Morgan fingerprint density at radius 2 is 1.88 bits per heavy atom. The zero-order valence-corrected chi connectivity index (χ0v) is 11.2. The highest BCUT2D eigenvalue weighted by molar-refractivity contribution is 5.82. The number of amides is 1. The Balaban J connectivity index is 2.50. The first kappa shape index (κ1) is 14.4. The summed E-state index contributed by atoms with van der Waals surface area (Å²) in [4.78, 5) is 13.8. The van der Waals surface area contributed by atoms with Crippen LogP contribution in [0.25, 0.3) is 0 Å². The first-order valence-corrected chi connectivity index (χ1v) is 6.11. The quantitative estimate of drug-likeness (QED) is 0.779. The van der Waals surface area contributed by atoms with Crippen LogP contribution in [0.4, 0.5) is 0 Å². The van der Waals surface area contributed by atoms with Gasteiger partial charge in [-0.2, -0.15) is 0 Å². The van der Waals surface area contributed by atoms with Gasteiger partial charge in [0.05, 0.1) is 24.9 Å². The molecule has 0 aromatic carbocycles. The molecular weight excluding hydrogens is 220 g/mol. The van der Waals surface area contributed by atoms with Crippen molar-refractivity contribution in [1.29, 1.82) is 0 Å². The van der Waals surface area contributed by atoms with E-state index in [0.29, 0.717) is 26.3 Å². The van der Waals surface area contributed by atoms with E-state index in [9.17, 15) is 4.79 Å². The molecule has 1 rings (SSSR count). The first-order chi connectivity index (χ1) is 7.81. The Bertz CT molecular complexity index is 257. The summed E-state index contributed by atoms with van der Waals surface area (Å²) in [6.07, 6.45) is -0.287. The number of hydrogen-bond donors (Lipinski definition) is 1. The molecule has 0 aliphatic carbocycles. The summed E-state index contributed by atoms with van der Waals surface area (Å²) in [6.45, 7) is 10.1. The second-order valence-corrected chi connectivity index (χ2v) is 5.40. The van der Waals surface area contributed by atoms with E-state index >= 15 is 0 Å². The Morgan fingerprint density at radius 3 is 2.35 bits per heavy atom. The largest absolute Gasteiger partial charge is 0.378 e. The van der Waals surface area contributed by atoms with E-state index in [1.807, 2.05) is 27.7 Å². The number of morpholine rings is 1. The minimum atomic E-state index is -0.604. The maximum Gasteiger partial charge on any atom is 0.242 e. The van der Waals surface area contributed by atoms with Crippen molar-refractivity contribution in [1.82, 2.24) is 4.90 Å². The lowest BCUT2D eigenvalue weighted by Crippen LogP contribution is -2.54. The molecule has 1 aliphatic rings. The molecule has 0 bridgehead atoms. The molecule has 0 saturated carbocycles. The SMILES string of the molecule is C[C@@H](OC(C)(C)C)[C@H](N)C(=O)N1CCOCC1. The maximum atomic E-state index is 12.1. The molecule has 0 unspecified atom stereocenters. The van der Waals surface area contributed by atoms with Crippen molar-refractivity contribution in [3.05, 3.63) is 0 Å². The molecule has 1 fully saturated rings. The molecule has 0 spiro atoms. The van der Waals surface area contributed by atoms with Gasteiger partial charge in [-0.15, -0.1) is 0 Å². The number of hydrogen-bond acceptors (Lipinski definition) is 4. The van der Waals surface area contributed by atoms with E-state index in [0.717, 1.165) is 0 Å². The zero-order chi connectivity index (χ0) is 13.1. The van der Waals surface area contributed by atoms with Crippen molar-refractivity contribution < 1.29 is 14.3 Å². The van der Waals surface area contributed by atoms with E-state index in [1.165, 1.54) is 0 Å². The second kappa shape index (κ2) is 5.80. The molecule has 5 nitrogen and oxygen atoms in total. The minimum Gasteiger partial charge on any atom is -0.378 e. The van der Waals surface area contributed by atoms with Crippen molar-refractivity contribution in [2.75, 3.05) is 26.3 Å². The van der Waals surface area contributed by atoms with Crippen molar-refractivity contribution in [3.63, 3.8) is 0 Å². The Hall–Kier alpha value is -0.650. The van der Waals surface area contributed by atoms with Gasteiger partial charge >= 0.3 is 0 Å². The topological polar surface area (TPSA) is 64.8 Å². The maximum absolute atomic E-state index is 12.1. The molecule has 1 amide bonds. The number of carbonyl (C=O) groups excluding carboxylic acids is 1. The second-order valence-electron chi connectivity index (χ2n) is 5.40. The van der Waals surface area contributed by atoms with Crippen molar-refractivity contribution in [2.45, 2.75) is 45.4 Å². The van der Waals surface area contributed by atoms with Gasteiger partial charge in [0.25, 0.3) is 0 Å². The standard InChI is InChI=1S/C12H24N2O3/c1-9(17-12(2,3)4)10(13)11(15)14-5-7-16-8-6-14/h9-10H,5-8,13H2,1-4H3/t9-,10+/m1/s1. The molecule has 0 aromatic heterocycles. The summed E-state index contributed by atoms with van der Waals surface area (Å²) >= 11 is 0. The highest BCUT2D eigenvalue weighted by Gasteiger charge is 2.29. The fourth-order valence-electron chi connectivity index (χ4n) is 1.83. The first-order valence-electron chi connectivity index (χ1n) is 6.11. The van der Waals surface area contributed by atoms with Crippen LogP contribution in [0.15, 0.2) is 0 Å². The van der Waals surface area contributed by atoms with Crippen LogP contribution in [0, 0.1) is 0 Å². The Morgan fingerprint density at radius 1 is 1.35 bits per heavy atom. The fourth-order valence-corrected chi connectivity index (χ4v) is 1.83. The lowest BCUT2D eigenvalue weighted by Gasteiger charge is -2.33. The molecule has 100 valence electrons. The van der Waals surface area contributed by atoms with Crippen LogP contribution >= 0.6 is 0 Å². The van der Waals surface area contributed by atoms with E-state index in [-0.39, 0.29) is 17.6 Å². The highest BCUT2D eigenvalue weighted by atomic mass is 16.5. The van der Waals surface area contributed by atoms with E-state index in [4.69, 9.17) is 15.2 Å². The monoisotopic (exact) mass is 244 g/mol. The molecule has 2 atom stereocenters. The Kier molecular flexibility index (Phi) is 4.91. The summed E-state index contributed by atoms with van der Waals surface area (Å²) in [5, 5.41) is 0. The summed E-state index contributed by atoms with van der Waals surface area (Å²) in [6, 6.07) is -0.604. The summed E-state index contributed by atoms with van der Waals surface area (Å²) in [5.41, 5.74) is 5.65. The number of nitrogens with two attached hydrogens (primary N) is 1. The third kappa shape index (κ3) is 4.61. The average Bonchev–Trinajstić information content (AvgIpc) is 2.26. The van der Waals surface area contributed by atoms with Crippen LogP contribution < -0.4 is 5.73 Å². The third-order valence-corrected chi connectivity index (χ3v) is 2.65. The van der Waals surface area contributed by atoms with Gasteiger partial charge in [-0.3, -0.25) is 4.79 Å². The molecule has 17 heavy (non-hydrogen) atoms. The van der Waals surface area contributed by atoms with Crippen LogP contribution in [0.5, 0.6) is 0 Å². The van der Waals surface area contributed by atoms with Crippen molar-refractivity contribution in [3.8, 4) is 0 Å². The predicted molar refractivity (Wildman–Crippen MR) is 65.7 cm³/mol. The zero-order valence-electron chi connectivity index (χ0n) is 11.2. The van der Waals surface area contributed by atoms with Gasteiger partial charge in [0, 0.05) is 13.1 Å². The summed E-state index contributed by atoms with van der Waals surface area (Å²) in [7, 11) is 0. The average molecular weight is 244 g/mol. The van der Waals surface area contributed by atoms with Gasteiger partial charge in [-0.1, -0.05) is 0 Å². The van der Waals surface area contributed by atoms with Gasteiger partial charge in [-0.05, 0) is 27.7 Å². The lowest BCUT2D eigenvalue weighted by molar-refractivity contribution is -0.143. The molecule has 1 aliphatic heterocycles. The predicted octanol–water partition coefficient (Wildman–Crippen LogP) is 0.376. The lowest BCUT2D eigenvalue weighted by atomic mass is 10.1. The summed E-state index contributed by atoms with van der Waals surface area (Å²) in [5.74, 6) is -0.0509. The third-order valence-electron chi connectivity index (χ3n) is 2.65. The van der Waals surface area contributed by atoms with E-state index in [1.54, 1.807) is 4.90 Å². The van der Waals surface area contributed by atoms with Crippen LogP contribution in [-0.4, -0.2) is 54.9 Å². The molecule has 0 radical (unpaired) electrons. The van der Waals surface area contributed by atoms with Crippen molar-refractivity contribution >= 4 is 5.91 Å². The molecule has 1 heterocycles. The number of rotatable bonds is 3. The van der Waals surface area contributed by atoms with Crippen LogP contribution in [-0.2, 0) is 14.3 Å². The molecule has 2 N–H and O–H groups in total. The van der Waals surface area contributed by atoms with Crippen LogP contribution in [0.2, 0.25) is 0 Å². The van der Waals surface area contributed by atoms with Gasteiger partial charge in [-0.25, -0.2) is 0 Å². The molecule has 0 aromatic rings. The van der Waals surface area contributed by atoms with Gasteiger partial charge in [0.15, 0.2) is 0 Å². The number of nitrogens with zero attached hydrogens (tertiary/aromatic N) is 1. The normalized spacial score (nSPS) is 21.1. The number of carbonyl (C=O) groups is 1. The number of ether oxygens (including phenoxy) is 2. The highest BCUT2D eigenvalue weighted by Crippen LogP contribution is 2.13. The van der Waals surface area contributed by atoms with Crippen LogP contribution in [0.3, 0.4) is 0 Å². The minimum absolute atomic E-state index is 0.0509. The fraction of sp³-hybridized carbons (Fsp3) is 0.917. The smallest absolute Gasteiger partial charge is 0.242 e. The molecular formula is C12H24N2O3. The molecule has 5 heteroatoms. The Labute approximate surface area is 103 Å². The van der Waals surface area contributed by atoms with E-state index < -0.39 is 6.04 Å². The van der Waals surface area contributed by atoms with Gasteiger partial charge < -0.3 is 20.1 Å². The van der Waals surface area contributed by atoms with Gasteiger partial charge in [0.1, 0.15) is 6.04 Å².